The third-order valence-corrected chi connectivity index (χ3v) is 7.96. The van der Waals surface area contributed by atoms with Gasteiger partial charge in [-0.25, -0.2) is 4.79 Å². The summed E-state index contributed by atoms with van der Waals surface area (Å²) < 4.78 is 99.9. The lowest BCUT2D eigenvalue weighted by atomic mass is 9.91. The first-order chi connectivity index (χ1) is 11.9. The van der Waals surface area contributed by atoms with Gasteiger partial charge in [0, 0.05) is 11.8 Å². The Labute approximate surface area is 146 Å². The molecule has 0 aromatic heterocycles. The number of halogens is 2. The van der Waals surface area contributed by atoms with Gasteiger partial charge in [-0.05, 0) is 12.8 Å². The SMILES string of the molecule is O=C(OCC(F)(F)S(=O)(=O)O)C1COC2(O1)C1CC3C2OS(=O)(=O)[C@H]3C1. The van der Waals surface area contributed by atoms with E-state index in [9.17, 15) is 30.4 Å². The van der Waals surface area contributed by atoms with E-state index in [-0.39, 0.29) is 24.9 Å². The Hall–Kier alpha value is -0.930. The highest BCUT2D eigenvalue weighted by Crippen LogP contribution is 2.62. The standard InChI is InChI=1S/C12H14F2O10S2/c13-11(14,26(18,19)20)4-21-10(15)7-3-22-12(23-7)5-1-6-8(2-5)25(16,17)24-9(6)12/h5-9H,1-4H2,(H,18,19,20)/t5?,6?,7?,8-,9?,12?/m0/s1. The minimum Gasteiger partial charge on any atom is -0.456 e. The molecular weight excluding hydrogens is 406 g/mol. The van der Waals surface area contributed by atoms with E-state index in [2.05, 4.69) is 4.74 Å². The number of hydrogen-bond acceptors (Lipinski definition) is 9. The minimum absolute atomic E-state index is 0.242. The number of carbonyl (C=O) groups excluding carboxylic acids is 1. The molecule has 6 atom stereocenters. The predicted octanol–water partition coefficient (Wildman–Crippen LogP) is -0.741. The molecule has 26 heavy (non-hydrogen) atoms. The van der Waals surface area contributed by atoms with Crippen molar-refractivity contribution < 1.29 is 53.4 Å². The molecule has 0 amide bonds. The molecule has 5 unspecified atom stereocenters. The van der Waals surface area contributed by atoms with Crippen molar-refractivity contribution in [3.8, 4) is 0 Å². The second-order valence-electron chi connectivity index (χ2n) is 6.74. The second kappa shape index (κ2) is 5.32. The number of ether oxygens (including phenoxy) is 3. The topological polar surface area (TPSA) is 142 Å². The maximum Gasteiger partial charge on any atom is 0.402 e. The molecule has 1 N–H and O–H groups in total. The van der Waals surface area contributed by atoms with Crippen molar-refractivity contribution in [1.82, 2.24) is 0 Å². The van der Waals surface area contributed by atoms with Crippen molar-refractivity contribution in [3.63, 3.8) is 0 Å². The smallest absolute Gasteiger partial charge is 0.402 e. The van der Waals surface area contributed by atoms with Crippen LogP contribution in [0.3, 0.4) is 0 Å². The van der Waals surface area contributed by atoms with Gasteiger partial charge in [-0.2, -0.15) is 25.6 Å². The van der Waals surface area contributed by atoms with Crippen LogP contribution in [0.4, 0.5) is 8.78 Å². The summed E-state index contributed by atoms with van der Waals surface area (Å²) in [6.07, 6.45) is -1.66. The number of fused-ring (bicyclic) bond motifs is 3. The molecular formula is C12H14F2O10S2. The van der Waals surface area contributed by atoms with E-state index in [0.29, 0.717) is 6.42 Å². The van der Waals surface area contributed by atoms with E-state index in [4.69, 9.17) is 18.2 Å². The third-order valence-electron chi connectivity index (χ3n) is 5.32. The number of rotatable bonds is 4. The van der Waals surface area contributed by atoms with Crippen LogP contribution >= 0.6 is 0 Å². The summed E-state index contributed by atoms with van der Waals surface area (Å²) in [7, 11) is -9.49. The van der Waals surface area contributed by atoms with Crippen LogP contribution in [0.1, 0.15) is 12.8 Å². The fourth-order valence-corrected chi connectivity index (χ4v) is 6.26. The van der Waals surface area contributed by atoms with E-state index in [1.54, 1.807) is 0 Å². The van der Waals surface area contributed by atoms with Crippen LogP contribution in [0, 0.1) is 11.8 Å². The van der Waals surface area contributed by atoms with Crippen LogP contribution in [0.25, 0.3) is 0 Å². The van der Waals surface area contributed by atoms with Gasteiger partial charge in [-0.3, -0.25) is 8.74 Å². The first-order valence-corrected chi connectivity index (χ1v) is 10.5. The highest BCUT2D eigenvalue weighted by molar-refractivity contribution is 7.87. The first-order valence-electron chi connectivity index (χ1n) is 7.63. The van der Waals surface area contributed by atoms with Crippen LogP contribution in [-0.4, -0.2) is 69.1 Å². The van der Waals surface area contributed by atoms with Gasteiger partial charge in [0.05, 0.1) is 11.9 Å². The normalized spacial score (nSPS) is 43.3. The lowest BCUT2D eigenvalue weighted by molar-refractivity contribution is -0.239. The van der Waals surface area contributed by atoms with E-state index in [0.717, 1.165) is 0 Å². The monoisotopic (exact) mass is 420 g/mol. The second-order valence-corrected chi connectivity index (χ2v) is 10.1. The fourth-order valence-electron chi connectivity index (χ4n) is 4.19. The van der Waals surface area contributed by atoms with Crippen molar-refractivity contribution in [2.75, 3.05) is 13.2 Å². The van der Waals surface area contributed by atoms with Crippen molar-refractivity contribution >= 4 is 26.2 Å². The van der Waals surface area contributed by atoms with Crippen LogP contribution in [0.2, 0.25) is 0 Å². The Balaban J connectivity index is 1.44. The number of alkyl halides is 2. The quantitative estimate of drug-likeness (QED) is 0.351. The molecule has 4 rings (SSSR count). The molecule has 148 valence electrons. The van der Waals surface area contributed by atoms with E-state index in [1.807, 2.05) is 0 Å². The molecule has 2 aliphatic heterocycles. The van der Waals surface area contributed by atoms with Gasteiger partial charge in [0.2, 0.25) is 5.79 Å². The summed E-state index contributed by atoms with van der Waals surface area (Å²) >= 11 is 0. The average molecular weight is 420 g/mol. The minimum atomic E-state index is -5.74. The molecule has 2 saturated carbocycles. The van der Waals surface area contributed by atoms with Crippen LogP contribution < -0.4 is 0 Å². The molecule has 4 aliphatic rings. The van der Waals surface area contributed by atoms with E-state index >= 15 is 0 Å². The largest absolute Gasteiger partial charge is 0.456 e. The van der Waals surface area contributed by atoms with Gasteiger partial charge in [0.25, 0.3) is 10.1 Å². The lowest BCUT2D eigenvalue weighted by Gasteiger charge is -2.34. The number of esters is 1. The Morgan fingerprint density at radius 2 is 2.04 bits per heavy atom. The summed E-state index contributed by atoms with van der Waals surface area (Å²) in [5, 5.41) is -5.31. The van der Waals surface area contributed by atoms with Gasteiger partial charge < -0.3 is 14.2 Å². The summed E-state index contributed by atoms with van der Waals surface area (Å²) in [5.41, 5.74) is 0. The maximum absolute atomic E-state index is 13.1. The Morgan fingerprint density at radius 1 is 1.35 bits per heavy atom. The average Bonchev–Trinajstić information content (AvgIpc) is 3.22. The Kier molecular flexibility index (Phi) is 3.77. The van der Waals surface area contributed by atoms with Crippen molar-refractivity contribution in [1.29, 1.82) is 0 Å². The Morgan fingerprint density at radius 3 is 2.69 bits per heavy atom. The highest BCUT2D eigenvalue weighted by Gasteiger charge is 2.74. The third kappa shape index (κ3) is 2.43. The zero-order chi connectivity index (χ0) is 19.1. The first kappa shape index (κ1) is 18.4. The lowest BCUT2D eigenvalue weighted by Crippen LogP contribution is -2.49. The van der Waals surface area contributed by atoms with Gasteiger partial charge in [-0.15, -0.1) is 0 Å². The molecule has 2 saturated heterocycles. The summed E-state index contributed by atoms with van der Waals surface area (Å²) in [5.74, 6) is -3.45. The van der Waals surface area contributed by atoms with Gasteiger partial charge >= 0.3 is 21.3 Å². The van der Waals surface area contributed by atoms with Crippen molar-refractivity contribution in [3.05, 3.63) is 0 Å². The maximum atomic E-state index is 13.1. The molecule has 4 fully saturated rings. The van der Waals surface area contributed by atoms with Gasteiger partial charge in [0.1, 0.15) is 6.10 Å². The summed E-state index contributed by atoms with van der Waals surface area (Å²) in [6.45, 7) is -2.27. The number of hydrogen-bond donors (Lipinski definition) is 1. The molecule has 14 heteroatoms. The van der Waals surface area contributed by atoms with Crippen LogP contribution in [0.5, 0.6) is 0 Å². The molecule has 10 nitrogen and oxygen atoms in total. The number of carbonyl (C=O) groups is 1. The fraction of sp³-hybridized carbons (Fsp3) is 0.917. The molecule has 2 heterocycles. The van der Waals surface area contributed by atoms with E-state index in [1.165, 1.54) is 0 Å². The molecule has 1 spiro atoms. The predicted molar refractivity (Wildman–Crippen MR) is 74.8 cm³/mol. The summed E-state index contributed by atoms with van der Waals surface area (Å²) in [6, 6.07) is 0. The van der Waals surface area contributed by atoms with Crippen LogP contribution in [0.15, 0.2) is 0 Å². The highest BCUT2D eigenvalue weighted by atomic mass is 32.2. The van der Waals surface area contributed by atoms with Crippen molar-refractivity contribution in [2.45, 2.75) is 41.3 Å². The molecule has 2 bridgehead atoms. The Bertz CT molecular complexity index is 855. The van der Waals surface area contributed by atoms with Gasteiger partial charge in [0.15, 0.2) is 12.7 Å². The van der Waals surface area contributed by atoms with Crippen molar-refractivity contribution in [2.24, 2.45) is 11.8 Å². The molecule has 2 aliphatic carbocycles. The molecule has 0 aromatic rings. The molecule has 0 radical (unpaired) electrons. The zero-order valence-electron chi connectivity index (χ0n) is 12.9. The molecule has 0 aromatic carbocycles. The van der Waals surface area contributed by atoms with Gasteiger partial charge in [-0.1, -0.05) is 0 Å². The van der Waals surface area contributed by atoms with E-state index < -0.39 is 61.3 Å². The van der Waals surface area contributed by atoms with Crippen LogP contribution in [-0.2, 0) is 43.4 Å². The summed E-state index contributed by atoms with van der Waals surface area (Å²) in [4.78, 5) is 11.9. The zero-order valence-corrected chi connectivity index (χ0v) is 14.5.